The number of anilines is 2. The Morgan fingerprint density at radius 1 is 0.882 bits per heavy atom. The van der Waals surface area contributed by atoms with E-state index in [1.54, 1.807) is 22.5 Å². The number of rotatable bonds is 5. The van der Waals surface area contributed by atoms with E-state index in [0.29, 0.717) is 46.3 Å². The number of aryl methyl sites for hydroxylation is 1. The summed E-state index contributed by atoms with van der Waals surface area (Å²) in [7, 11) is -3.59. The van der Waals surface area contributed by atoms with Gasteiger partial charge >= 0.3 is 0 Å². The van der Waals surface area contributed by atoms with Crippen LogP contribution in [0.15, 0.2) is 71.6 Å². The summed E-state index contributed by atoms with van der Waals surface area (Å²) in [5.41, 5.74) is 2.70. The quantitative estimate of drug-likeness (QED) is 0.402. The average Bonchev–Trinajstić information content (AvgIpc) is 2.86. The van der Waals surface area contributed by atoms with Crippen molar-refractivity contribution >= 4 is 32.3 Å². The molecule has 0 amide bonds. The second-order valence-electron chi connectivity index (χ2n) is 8.52. The lowest BCUT2D eigenvalue weighted by atomic mass is 10.0. The van der Waals surface area contributed by atoms with Crippen LogP contribution in [0.25, 0.3) is 22.0 Å². The third kappa shape index (κ3) is 4.26. The number of fused-ring (bicyclic) bond motifs is 1. The molecule has 2 heterocycles. The van der Waals surface area contributed by atoms with Crippen LogP contribution in [0.3, 0.4) is 0 Å². The second-order valence-corrected chi connectivity index (χ2v) is 10.4. The zero-order chi connectivity index (χ0) is 23.7. The lowest BCUT2D eigenvalue weighted by molar-refractivity contribution is 0.346. The van der Waals surface area contributed by atoms with Gasteiger partial charge in [-0.1, -0.05) is 42.8 Å². The Morgan fingerprint density at radius 3 is 2.32 bits per heavy atom. The summed E-state index contributed by atoms with van der Waals surface area (Å²) in [4.78, 5) is 0.311. The van der Waals surface area contributed by atoms with Crippen molar-refractivity contribution in [3.05, 3.63) is 78.1 Å². The predicted molar refractivity (Wildman–Crippen MR) is 132 cm³/mol. The van der Waals surface area contributed by atoms with Crippen LogP contribution in [0, 0.1) is 12.7 Å². The first-order valence-electron chi connectivity index (χ1n) is 11.3. The Hall–Kier alpha value is -3.36. The van der Waals surface area contributed by atoms with Gasteiger partial charge in [-0.25, -0.2) is 12.8 Å². The summed E-state index contributed by atoms with van der Waals surface area (Å²) in [6.07, 6.45) is 2.83. The molecular weight excluding hydrogens is 451 g/mol. The Bertz CT molecular complexity index is 1450. The Balaban J connectivity index is 1.57. The SMILES string of the molecule is Cc1ccc(-c2nnc(Nc3ccc(F)cc3)c3ccccc23)cc1S(=O)(=O)N1CCCCC1. The molecule has 34 heavy (non-hydrogen) atoms. The first-order chi connectivity index (χ1) is 16.4. The molecule has 1 N–H and O–H groups in total. The molecule has 0 aliphatic carbocycles. The molecule has 8 heteroatoms. The van der Waals surface area contributed by atoms with Crippen molar-refractivity contribution in [2.75, 3.05) is 18.4 Å². The second kappa shape index (κ2) is 9.12. The zero-order valence-corrected chi connectivity index (χ0v) is 19.6. The minimum atomic E-state index is -3.59. The van der Waals surface area contributed by atoms with E-state index in [9.17, 15) is 12.8 Å². The third-order valence-electron chi connectivity index (χ3n) is 6.19. The van der Waals surface area contributed by atoms with Gasteiger partial charge in [0.2, 0.25) is 10.0 Å². The van der Waals surface area contributed by atoms with Crippen LogP contribution in [0.5, 0.6) is 0 Å². The first kappa shape index (κ1) is 22.4. The summed E-state index contributed by atoms with van der Waals surface area (Å²) in [6, 6.07) is 19.1. The first-order valence-corrected chi connectivity index (χ1v) is 12.8. The number of nitrogens with zero attached hydrogens (tertiary/aromatic N) is 3. The Morgan fingerprint density at radius 2 is 1.59 bits per heavy atom. The Kier molecular flexibility index (Phi) is 6.02. The van der Waals surface area contributed by atoms with Crippen LogP contribution >= 0.6 is 0 Å². The van der Waals surface area contributed by atoms with Crippen LogP contribution in [-0.2, 0) is 10.0 Å². The van der Waals surface area contributed by atoms with Crippen LogP contribution in [0.4, 0.5) is 15.9 Å². The van der Waals surface area contributed by atoms with Gasteiger partial charge in [-0.3, -0.25) is 0 Å². The molecule has 1 fully saturated rings. The molecule has 0 unspecified atom stereocenters. The molecule has 0 radical (unpaired) electrons. The van der Waals surface area contributed by atoms with Gasteiger partial charge in [-0.05, 0) is 55.7 Å². The molecule has 0 bridgehead atoms. The Labute approximate surface area is 198 Å². The maximum atomic E-state index is 13.4. The molecule has 4 aromatic rings. The molecule has 6 nitrogen and oxygen atoms in total. The fourth-order valence-corrected chi connectivity index (χ4v) is 6.12. The van der Waals surface area contributed by atoms with E-state index >= 15 is 0 Å². The van der Waals surface area contributed by atoms with Crippen molar-refractivity contribution < 1.29 is 12.8 Å². The highest BCUT2D eigenvalue weighted by Gasteiger charge is 2.28. The van der Waals surface area contributed by atoms with Crippen molar-refractivity contribution in [3.63, 3.8) is 0 Å². The van der Waals surface area contributed by atoms with Gasteiger partial charge in [0.05, 0.1) is 4.90 Å². The molecule has 1 saturated heterocycles. The van der Waals surface area contributed by atoms with Crippen LogP contribution < -0.4 is 5.32 Å². The van der Waals surface area contributed by atoms with E-state index in [1.165, 1.54) is 12.1 Å². The zero-order valence-electron chi connectivity index (χ0n) is 18.8. The number of benzene rings is 3. The van der Waals surface area contributed by atoms with Gasteiger partial charge in [0.1, 0.15) is 11.5 Å². The van der Waals surface area contributed by atoms with Gasteiger partial charge in [0, 0.05) is 35.1 Å². The topological polar surface area (TPSA) is 75.2 Å². The molecule has 174 valence electrons. The monoisotopic (exact) mass is 476 g/mol. The highest BCUT2D eigenvalue weighted by atomic mass is 32.2. The van der Waals surface area contributed by atoms with E-state index in [2.05, 4.69) is 15.5 Å². The molecule has 0 spiro atoms. The van der Waals surface area contributed by atoms with Crippen molar-refractivity contribution in [2.24, 2.45) is 0 Å². The number of halogens is 1. The normalized spacial score (nSPS) is 14.9. The van der Waals surface area contributed by atoms with E-state index in [4.69, 9.17) is 0 Å². The molecule has 0 atom stereocenters. The minimum Gasteiger partial charge on any atom is -0.338 e. The van der Waals surface area contributed by atoms with Crippen LogP contribution in [0.1, 0.15) is 24.8 Å². The summed E-state index contributed by atoms with van der Waals surface area (Å²) in [5, 5.41) is 13.7. The third-order valence-corrected chi connectivity index (χ3v) is 8.23. The largest absolute Gasteiger partial charge is 0.338 e. The summed E-state index contributed by atoms with van der Waals surface area (Å²) >= 11 is 0. The summed E-state index contributed by atoms with van der Waals surface area (Å²) < 4.78 is 41.6. The van der Waals surface area contributed by atoms with E-state index < -0.39 is 10.0 Å². The van der Waals surface area contributed by atoms with Crippen molar-refractivity contribution in [1.29, 1.82) is 0 Å². The maximum Gasteiger partial charge on any atom is 0.243 e. The standard InChI is InChI=1S/C26H25FN4O2S/c1-18-9-10-19(17-24(18)34(32,33)31-15-5-2-6-16-31)25-22-7-3-4-8-23(22)26(30-29-25)28-21-13-11-20(27)12-14-21/h3-4,7-14,17H,2,5-6,15-16H2,1H3,(H,28,30). The van der Waals surface area contributed by atoms with Crippen molar-refractivity contribution in [1.82, 2.24) is 14.5 Å². The van der Waals surface area contributed by atoms with Crippen LogP contribution in [0.2, 0.25) is 0 Å². The van der Waals surface area contributed by atoms with Gasteiger partial charge < -0.3 is 5.32 Å². The number of hydrogen-bond acceptors (Lipinski definition) is 5. The molecular formula is C26H25FN4O2S. The maximum absolute atomic E-state index is 13.4. The van der Waals surface area contributed by atoms with Gasteiger partial charge in [0.25, 0.3) is 0 Å². The molecule has 1 aliphatic heterocycles. The van der Waals surface area contributed by atoms with Crippen LogP contribution in [-0.4, -0.2) is 36.0 Å². The number of hydrogen-bond donors (Lipinski definition) is 1. The number of sulfonamides is 1. The number of piperidine rings is 1. The fraction of sp³-hybridized carbons (Fsp3) is 0.231. The van der Waals surface area contributed by atoms with E-state index in [0.717, 1.165) is 30.0 Å². The van der Waals surface area contributed by atoms with E-state index in [1.807, 2.05) is 43.3 Å². The van der Waals surface area contributed by atoms with Gasteiger partial charge in [0.15, 0.2) is 5.82 Å². The number of nitrogens with one attached hydrogen (secondary N) is 1. The van der Waals surface area contributed by atoms with Gasteiger partial charge in [-0.15, -0.1) is 10.2 Å². The smallest absolute Gasteiger partial charge is 0.243 e. The summed E-state index contributed by atoms with van der Waals surface area (Å²) in [6.45, 7) is 2.93. The molecule has 3 aromatic carbocycles. The van der Waals surface area contributed by atoms with Gasteiger partial charge in [-0.2, -0.15) is 4.31 Å². The average molecular weight is 477 g/mol. The number of aromatic nitrogens is 2. The molecule has 1 aliphatic rings. The fourth-order valence-electron chi connectivity index (χ4n) is 4.35. The molecule has 1 aromatic heterocycles. The van der Waals surface area contributed by atoms with Crippen molar-refractivity contribution in [2.45, 2.75) is 31.1 Å². The highest BCUT2D eigenvalue weighted by Crippen LogP contribution is 2.33. The molecule has 0 saturated carbocycles. The van der Waals surface area contributed by atoms with Crippen molar-refractivity contribution in [3.8, 4) is 11.3 Å². The minimum absolute atomic E-state index is 0.311. The highest BCUT2D eigenvalue weighted by molar-refractivity contribution is 7.89. The molecule has 5 rings (SSSR count). The van der Waals surface area contributed by atoms with E-state index in [-0.39, 0.29) is 5.82 Å². The predicted octanol–water partition coefficient (Wildman–Crippen LogP) is 5.66. The lowest BCUT2D eigenvalue weighted by Gasteiger charge is -2.26. The lowest BCUT2D eigenvalue weighted by Crippen LogP contribution is -2.35. The summed E-state index contributed by atoms with van der Waals surface area (Å²) in [5.74, 6) is 0.228.